The smallest absolute Gasteiger partial charge is 0.413 e. The van der Waals surface area contributed by atoms with Crippen LogP contribution in [0.25, 0.3) is 0 Å². The SMILES string of the molecule is COC(=O)NC(=O)c1c(NC(=O)C(C)(C)C)sc2c1CC[C@@H](C)C2. The quantitative estimate of drug-likeness (QED) is 0.855. The minimum atomic E-state index is -0.808. The van der Waals surface area contributed by atoms with Gasteiger partial charge >= 0.3 is 6.09 Å². The summed E-state index contributed by atoms with van der Waals surface area (Å²) in [7, 11) is 1.20. The van der Waals surface area contributed by atoms with E-state index in [-0.39, 0.29) is 5.91 Å². The molecule has 1 atom stereocenters. The zero-order valence-electron chi connectivity index (χ0n) is 14.7. The molecule has 0 aliphatic heterocycles. The number of thiophene rings is 1. The Balaban J connectivity index is 2.40. The van der Waals surface area contributed by atoms with Crippen LogP contribution in [-0.2, 0) is 22.4 Å². The maximum Gasteiger partial charge on any atom is 0.413 e. The standard InChI is InChI=1S/C17H24N2O4S/c1-9-6-7-10-11(8-9)24-14(19-15(21)17(2,3)4)12(10)13(20)18-16(22)23-5/h9H,6-8H2,1-5H3,(H,19,21)(H,18,20,22)/t9-/m1/s1. The van der Waals surface area contributed by atoms with Gasteiger partial charge in [-0.3, -0.25) is 14.9 Å². The molecular weight excluding hydrogens is 328 g/mol. The molecule has 1 aliphatic rings. The van der Waals surface area contributed by atoms with Crippen LogP contribution >= 0.6 is 11.3 Å². The van der Waals surface area contributed by atoms with Crippen molar-refractivity contribution in [1.82, 2.24) is 5.32 Å². The first kappa shape index (κ1) is 18.4. The van der Waals surface area contributed by atoms with Crippen LogP contribution < -0.4 is 10.6 Å². The predicted molar refractivity (Wildman–Crippen MR) is 93.5 cm³/mol. The number of amides is 3. The third-order valence-electron chi connectivity index (χ3n) is 4.05. The van der Waals surface area contributed by atoms with Gasteiger partial charge in [0, 0.05) is 10.3 Å². The van der Waals surface area contributed by atoms with Crippen molar-refractivity contribution in [3.63, 3.8) is 0 Å². The average molecular weight is 352 g/mol. The fourth-order valence-corrected chi connectivity index (χ4v) is 3.98. The number of hydrogen-bond donors (Lipinski definition) is 2. The number of fused-ring (bicyclic) bond motifs is 1. The number of rotatable bonds is 2. The van der Waals surface area contributed by atoms with Gasteiger partial charge in [0.15, 0.2) is 0 Å². The molecule has 1 aliphatic carbocycles. The second-order valence-corrected chi connectivity index (χ2v) is 8.31. The van der Waals surface area contributed by atoms with E-state index in [9.17, 15) is 14.4 Å². The summed E-state index contributed by atoms with van der Waals surface area (Å²) in [6, 6.07) is 0. The average Bonchev–Trinajstić information content (AvgIpc) is 2.82. The van der Waals surface area contributed by atoms with Crippen molar-refractivity contribution in [2.45, 2.75) is 47.0 Å². The van der Waals surface area contributed by atoms with Crippen LogP contribution in [0.2, 0.25) is 0 Å². The van der Waals surface area contributed by atoms with Crippen molar-refractivity contribution in [3.05, 3.63) is 16.0 Å². The van der Waals surface area contributed by atoms with Gasteiger partial charge in [0.1, 0.15) is 5.00 Å². The summed E-state index contributed by atoms with van der Waals surface area (Å²) >= 11 is 1.43. The van der Waals surface area contributed by atoms with Crippen LogP contribution in [0, 0.1) is 11.3 Å². The van der Waals surface area contributed by atoms with E-state index in [2.05, 4.69) is 22.3 Å². The number of imide groups is 1. The first-order valence-electron chi connectivity index (χ1n) is 7.98. The summed E-state index contributed by atoms with van der Waals surface area (Å²) in [6.45, 7) is 7.61. The minimum absolute atomic E-state index is 0.165. The lowest BCUT2D eigenvalue weighted by Gasteiger charge is -2.19. The van der Waals surface area contributed by atoms with Crippen LogP contribution in [0.15, 0.2) is 0 Å². The Hall–Kier alpha value is -1.89. The second-order valence-electron chi connectivity index (χ2n) is 7.21. The zero-order valence-corrected chi connectivity index (χ0v) is 15.6. The first-order valence-corrected chi connectivity index (χ1v) is 8.80. The highest BCUT2D eigenvalue weighted by Crippen LogP contribution is 2.40. The Labute approximate surface area is 146 Å². The van der Waals surface area contributed by atoms with Gasteiger partial charge in [0.05, 0.1) is 12.7 Å². The molecule has 0 spiro atoms. The highest BCUT2D eigenvalue weighted by Gasteiger charge is 2.31. The molecule has 0 fully saturated rings. The molecule has 0 aromatic carbocycles. The number of ether oxygens (including phenoxy) is 1. The van der Waals surface area contributed by atoms with Crippen LogP contribution in [0.1, 0.15) is 54.9 Å². The third-order valence-corrected chi connectivity index (χ3v) is 5.22. The topological polar surface area (TPSA) is 84.5 Å². The summed E-state index contributed by atoms with van der Waals surface area (Å²) in [4.78, 5) is 37.4. The zero-order chi connectivity index (χ0) is 18.1. The van der Waals surface area contributed by atoms with Crippen molar-refractivity contribution in [1.29, 1.82) is 0 Å². The number of methoxy groups -OCH3 is 1. The molecule has 2 rings (SSSR count). The number of anilines is 1. The Morgan fingerprint density at radius 3 is 2.50 bits per heavy atom. The molecule has 0 radical (unpaired) electrons. The molecule has 1 aromatic heterocycles. The maximum absolute atomic E-state index is 12.5. The van der Waals surface area contributed by atoms with Gasteiger partial charge in [-0.1, -0.05) is 27.7 Å². The molecule has 6 nitrogen and oxygen atoms in total. The van der Waals surface area contributed by atoms with Gasteiger partial charge in [0.25, 0.3) is 5.91 Å². The molecule has 24 heavy (non-hydrogen) atoms. The molecule has 3 amide bonds. The van der Waals surface area contributed by atoms with Gasteiger partial charge in [-0.2, -0.15) is 0 Å². The lowest BCUT2D eigenvalue weighted by molar-refractivity contribution is -0.123. The van der Waals surface area contributed by atoms with Crippen LogP contribution in [0.3, 0.4) is 0 Å². The first-order chi connectivity index (χ1) is 11.1. The van der Waals surface area contributed by atoms with Gasteiger partial charge in [-0.25, -0.2) is 4.79 Å². The number of hydrogen-bond acceptors (Lipinski definition) is 5. The second kappa shape index (κ2) is 6.93. The Morgan fingerprint density at radius 2 is 1.92 bits per heavy atom. The van der Waals surface area contributed by atoms with Crippen molar-refractivity contribution in [2.24, 2.45) is 11.3 Å². The van der Waals surface area contributed by atoms with Crippen LogP contribution in [-0.4, -0.2) is 25.0 Å². The van der Waals surface area contributed by atoms with Crippen LogP contribution in [0.5, 0.6) is 0 Å². The Kier molecular flexibility index (Phi) is 5.32. The van der Waals surface area contributed by atoms with Crippen molar-refractivity contribution in [2.75, 3.05) is 12.4 Å². The molecule has 0 saturated carbocycles. The van der Waals surface area contributed by atoms with E-state index in [1.807, 2.05) is 20.8 Å². The monoisotopic (exact) mass is 352 g/mol. The summed E-state index contributed by atoms with van der Waals surface area (Å²) < 4.78 is 4.50. The van der Waals surface area contributed by atoms with E-state index >= 15 is 0 Å². The minimum Gasteiger partial charge on any atom is -0.453 e. The number of nitrogens with one attached hydrogen (secondary N) is 2. The molecular formula is C17H24N2O4S. The molecule has 1 aromatic rings. The van der Waals surface area contributed by atoms with Gasteiger partial charge in [-0.15, -0.1) is 11.3 Å². The highest BCUT2D eigenvalue weighted by atomic mass is 32.1. The van der Waals surface area contributed by atoms with E-state index in [1.54, 1.807) is 0 Å². The number of carbonyl (C=O) groups excluding carboxylic acids is 3. The van der Waals surface area contributed by atoms with Crippen molar-refractivity contribution < 1.29 is 19.1 Å². The number of alkyl carbamates (subject to hydrolysis) is 1. The van der Waals surface area contributed by atoms with Crippen LogP contribution in [0.4, 0.5) is 9.80 Å². The third kappa shape index (κ3) is 3.95. The maximum atomic E-state index is 12.5. The normalized spacial score (nSPS) is 17.0. The largest absolute Gasteiger partial charge is 0.453 e. The summed E-state index contributed by atoms with van der Waals surface area (Å²) in [6.07, 6.45) is 1.82. The van der Waals surface area contributed by atoms with E-state index in [4.69, 9.17) is 0 Å². The number of carbonyl (C=O) groups is 3. The van der Waals surface area contributed by atoms with E-state index in [0.29, 0.717) is 16.5 Å². The van der Waals surface area contributed by atoms with Crippen molar-refractivity contribution >= 4 is 34.2 Å². The lowest BCUT2D eigenvalue weighted by atomic mass is 9.88. The molecule has 7 heteroatoms. The molecule has 2 N–H and O–H groups in total. The van der Waals surface area contributed by atoms with Crippen molar-refractivity contribution in [3.8, 4) is 0 Å². The molecule has 0 bridgehead atoms. The highest BCUT2D eigenvalue weighted by molar-refractivity contribution is 7.17. The summed E-state index contributed by atoms with van der Waals surface area (Å²) in [5.41, 5.74) is 0.752. The molecule has 1 heterocycles. The summed E-state index contributed by atoms with van der Waals surface area (Å²) in [5, 5.41) is 5.57. The van der Waals surface area contributed by atoms with E-state index in [0.717, 1.165) is 29.7 Å². The van der Waals surface area contributed by atoms with Gasteiger partial charge in [0.2, 0.25) is 5.91 Å². The lowest BCUT2D eigenvalue weighted by Crippen LogP contribution is -2.33. The van der Waals surface area contributed by atoms with E-state index < -0.39 is 17.4 Å². The molecule has 0 saturated heterocycles. The fraction of sp³-hybridized carbons (Fsp3) is 0.588. The molecule has 0 unspecified atom stereocenters. The Bertz CT molecular complexity index is 673. The fourth-order valence-electron chi connectivity index (χ4n) is 2.58. The van der Waals surface area contributed by atoms with Gasteiger partial charge in [-0.05, 0) is 30.7 Å². The predicted octanol–water partition coefficient (Wildman–Crippen LogP) is 3.35. The van der Waals surface area contributed by atoms with E-state index in [1.165, 1.54) is 18.4 Å². The van der Waals surface area contributed by atoms with Gasteiger partial charge < -0.3 is 10.1 Å². The Morgan fingerprint density at radius 1 is 1.25 bits per heavy atom. The molecule has 132 valence electrons. The summed E-state index contributed by atoms with van der Waals surface area (Å²) in [5.74, 6) is -0.154.